The van der Waals surface area contributed by atoms with Crippen LogP contribution in [0.3, 0.4) is 0 Å². The standard InChI is InChI=1S/C10H15FN2O6/c1-18-9-7(11)8(16)12-10(17)13(9)6-2-4(15)5(3-14)19-6/h4-7,9,14-15H,2-3H2,1H3,(H,12,16,17). The molecule has 0 radical (unpaired) electrons. The van der Waals surface area contributed by atoms with Crippen LogP contribution >= 0.6 is 0 Å². The number of imide groups is 1. The van der Waals surface area contributed by atoms with Gasteiger partial charge in [0.25, 0.3) is 5.91 Å². The predicted molar refractivity (Wildman–Crippen MR) is 57.4 cm³/mol. The minimum atomic E-state index is -2.04. The fourth-order valence-electron chi connectivity index (χ4n) is 2.20. The maximum Gasteiger partial charge on any atom is 0.328 e. The zero-order chi connectivity index (χ0) is 14.2. The van der Waals surface area contributed by atoms with Gasteiger partial charge in [0.2, 0.25) is 6.17 Å². The molecule has 2 aliphatic heterocycles. The molecule has 19 heavy (non-hydrogen) atoms. The number of ether oxygens (including phenoxy) is 2. The van der Waals surface area contributed by atoms with Gasteiger partial charge in [0.05, 0.1) is 12.7 Å². The highest BCUT2D eigenvalue weighted by molar-refractivity contribution is 5.99. The number of aliphatic hydroxyl groups excluding tert-OH is 2. The lowest BCUT2D eigenvalue weighted by molar-refractivity contribution is -0.164. The lowest BCUT2D eigenvalue weighted by Gasteiger charge is -2.38. The van der Waals surface area contributed by atoms with E-state index in [9.17, 15) is 19.1 Å². The Morgan fingerprint density at radius 1 is 1.58 bits per heavy atom. The van der Waals surface area contributed by atoms with Gasteiger partial charge in [0, 0.05) is 13.5 Å². The number of methoxy groups -OCH3 is 1. The molecular weight excluding hydrogens is 263 g/mol. The largest absolute Gasteiger partial charge is 0.394 e. The second-order valence-electron chi connectivity index (χ2n) is 4.34. The number of amides is 3. The molecule has 0 bridgehead atoms. The van der Waals surface area contributed by atoms with Crippen molar-refractivity contribution in [1.29, 1.82) is 0 Å². The van der Waals surface area contributed by atoms with Crippen LogP contribution in [0.4, 0.5) is 9.18 Å². The van der Waals surface area contributed by atoms with Crippen LogP contribution in [0.1, 0.15) is 6.42 Å². The number of nitrogens with one attached hydrogen (secondary N) is 1. The fourth-order valence-corrected chi connectivity index (χ4v) is 2.20. The Hall–Kier alpha value is -1.29. The number of nitrogens with zero attached hydrogens (tertiary/aromatic N) is 1. The molecule has 5 atom stereocenters. The lowest BCUT2D eigenvalue weighted by atomic mass is 10.1. The maximum atomic E-state index is 13.7. The Bertz CT molecular complexity index is 381. The van der Waals surface area contributed by atoms with Gasteiger partial charge in [-0.25, -0.2) is 9.18 Å². The molecule has 0 spiro atoms. The van der Waals surface area contributed by atoms with Crippen LogP contribution in [0.2, 0.25) is 0 Å². The zero-order valence-electron chi connectivity index (χ0n) is 10.2. The minimum Gasteiger partial charge on any atom is -0.394 e. The van der Waals surface area contributed by atoms with Crippen LogP contribution in [0.15, 0.2) is 0 Å². The number of urea groups is 1. The van der Waals surface area contributed by atoms with E-state index in [1.807, 2.05) is 5.32 Å². The number of hydrogen-bond donors (Lipinski definition) is 3. The number of rotatable bonds is 3. The van der Waals surface area contributed by atoms with Crippen molar-refractivity contribution in [1.82, 2.24) is 10.2 Å². The molecule has 2 saturated heterocycles. The smallest absolute Gasteiger partial charge is 0.328 e. The van der Waals surface area contributed by atoms with Crippen LogP contribution < -0.4 is 5.32 Å². The summed E-state index contributed by atoms with van der Waals surface area (Å²) in [4.78, 5) is 23.8. The van der Waals surface area contributed by atoms with Gasteiger partial charge in [-0.05, 0) is 0 Å². The third-order valence-electron chi connectivity index (χ3n) is 3.18. The first-order valence-electron chi connectivity index (χ1n) is 5.74. The Balaban J connectivity index is 2.17. The first kappa shape index (κ1) is 14.1. The van der Waals surface area contributed by atoms with Gasteiger partial charge in [0.15, 0.2) is 6.23 Å². The monoisotopic (exact) mass is 278 g/mol. The fraction of sp³-hybridized carbons (Fsp3) is 0.800. The van der Waals surface area contributed by atoms with Crippen LogP contribution in [-0.4, -0.2) is 71.6 Å². The molecule has 0 aromatic heterocycles. The Labute approximate surface area is 108 Å². The molecule has 3 amide bonds. The number of carbonyl (C=O) groups excluding carboxylic acids is 2. The summed E-state index contributed by atoms with van der Waals surface area (Å²) < 4.78 is 23.8. The van der Waals surface area contributed by atoms with Crippen molar-refractivity contribution < 1.29 is 33.7 Å². The molecule has 8 nitrogen and oxygen atoms in total. The molecule has 2 heterocycles. The molecule has 0 aromatic rings. The first-order valence-corrected chi connectivity index (χ1v) is 5.74. The lowest BCUT2D eigenvalue weighted by Crippen LogP contribution is -2.64. The van der Waals surface area contributed by atoms with Crippen molar-refractivity contribution in [2.45, 2.75) is 37.3 Å². The third-order valence-corrected chi connectivity index (χ3v) is 3.18. The van der Waals surface area contributed by atoms with E-state index in [0.29, 0.717) is 0 Å². The van der Waals surface area contributed by atoms with E-state index in [1.54, 1.807) is 0 Å². The third kappa shape index (κ3) is 2.41. The minimum absolute atomic E-state index is 0.000578. The SMILES string of the molecule is COC1C(F)C(=O)NC(=O)N1C1CC(O)C(CO)O1. The Morgan fingerprint density at radius 2 is 2.26 bits per heavy atom. The van der Waals surface area contributed by atoms with Crippen LogP contribution in [0.25, 0.3) is 0 Å². The summed E-state index contributed by atoms with van der Waals surface area (Å²) in [5.74, 6) is -1.08. The van der Waals surface area contributed by atoms with E-state index >= 15 is 0 Å². The molecule has 2 rings (SSSR count). The molecular formula is C10H15FN2O6. The van der Waals surface area contributed by atoms with Gasteiger partial charge in [0.1, 0.15) is 12.3 Å². The molecule has 9 heteroatoms. The Kier molecular flexibility index (Phi) is 3.99. The van der Waals surface area contributed by atoms with E-state index in [4.69, 9.17) is 14.6 Å². The van der Waals surface area contributed by atoms with Gasteiger partial charge in [-0.15, -0.1) is 0 Å². The zero-order valence-corrected chi connectivity index (χ0v) is 10.2. The van der Waals surface area contributed by atoms with Crippen molar-refractivity contribution >= 4 is 11.9 Å². The highest BCUT2D eigenvalue weighted by Gasteiger charge is 2.49. The normalized spacial score (nSPS) is 39.6. The summed E-state index contributed by atoms with van der Waals surface area (Å²) in [7, 11) is 1.16. The van der Waals surface area contributed by atoms with Crippen molar-refractivity contribution in [2.24, 2.45) is 0 Å². The number of alkyl halides is 1. The maximum absolute atomic E-state index is 13.7. The molecule has 3 N–H and O–H groups in total. The van der Waals surface area contributed by atoms with Crippen LogP contribution in [-0.2, 0) is 14.3 Å². The Morgan fingerprint density at radius 3 is 2.79 bits per heavy atom. The number of hydrogen-bond acceptors (Lipinski definition) is 6. The van der Waals surface area contributed by atoms with Crippen molar-refractivity contribution in [3.05, 3.63) is 0 Å². The molecule has 2 aliphatic rings. The summed E-state index contributed by atoms with van der Waals surface area (Å²) in [5.41, 5.74) is 0. The van der Waals surface area contributed by atoms with E-state index in [1.165, 1.54) is 0 Å². The number of halogens is 1. The summed E-state index contributed by atoms with van der Waals surface area (Å²) in [6.45, 7) is -0.428. The van der Waals surface area contributed by atoms with E-state index in [2.05, 4.69) is 0 Å². The van der Waals surface area contributed by atoms with Crippen molar-refractivity contribution in [2.75, 3.05) is 13.7 Å². The molecule has 5 unspecified atom stereocenters. The molecule has 0 aromatic carbocycles. The van der Waals surface area contributed by atoms with Crippen LogP contribution in [0.5, 0.6) is 0 Å². The van der Waals surface area contributed by atoms with Gasteiger partial charge in [-0.3, -0.25) is 15.0 Å². The molecule has 0 saturated carbocycles. The van der Waals surface area contributed by atoms with Gasteiger partial charge < -0.3 is 19.7 Å². The summed E-state index contributed by atoms with van der Waals surface area (Å²) in [5, 5.41) is 20.4. The van der Waals surface area contributed by atoms with Gasteiger partial charge in [-0.1, -0.05) is 0 Å². The summed E-state index contributed by atoms with van der Waals surface area (Å²) in [6.07, 6.45) is -6.27. The average molecular weight is 278 g/mol. The molecule has 2 fully saturated rings. The van der Waals surface area contributed by atoms with Gasteiger partial charge >= 0.3 is 6.03 Å². The first-order chi connectivity index (χ1) is 8.99. The molecule has 108 valence electrons. The number of aliphatic hydroxyl groups is 2. The van der Waals surface area contributed by atoms with Gasteiger partial charge in [-0.2, -0.15) is 0 Å². The molecule has 0 aliphatic carbocycles. The highest BCUT2D eigenvalue weighted by Crippen LogP contribution is 2.28. The average Bonchev–Trinajstić information content (AvgIpc) is 2.74. The van der Waals surface area contributed by atoms with E-state index in [-0.39, 0.29) is 6.42 Å². The quantitative estimate of drug-likeness (QED) is 0.569. The second kappa shape index (κ2) is 5.37. The van der Waals surface area contributed by atoms with Crippen LogP contribution in [0, 0.1) is 0 Å². The predicted octanol–water partition coefficient (Wildman–Crippen LogP) is -1.68. The number of carbonyl (C=O) groups is 2. The highest BCUT2D eigenvalue weighted by atomic mass is 19.1. The summed E-state index contributed by atoms with van der Waals surface area (Å²) in [6, 6.07) is -0.860. The topological polar surface area (TPSA) is 108 Å². The second-order valence-corrected chi connectivity index (χ2v) is 4.34. The summed E-state index contributed by atoms with van der Waals surface area (Å²) >= 11 is 0. The van der Waals surface area contributed by atoms with E-state index in [0.717, 1.165) is 12.0 Å². The van der Waals surface area contributed by atoms with E-state index < -0.39 is 49.4 Å². The van der Waals surface area contributed by atoms with Crippen molar-refractivity contribution in [3.63, 3.8) is 0 Å². The van der Waals surface area contributed by atoms with Crippen molar-refractivity contribution in [3.8, 4) is 0 Å².